The molecule has 2 N–H and O–H groups in total. The quantitative estimate of drug-likeness (QED) is 0.551. The summed E-state index contributed by atoms with van der Waals surface area (Å²) in [5.41, 5.74) is 1.18. The summed E-state index contributed by atoms with van der Waals surface area (Å²) in [4.78, 5) is 12.5. The second-order valence-corrected chi connectivity index (χ2v) is 8.00. The Kier molecular flexibility index (Phi) is 6.66. The van der Waals surface area contributed by atoms with Crippen molar-refractivity contribution in [2.45, 2.75) is 4.90 Å². The minimum absolute atomic E-state index is 0.0626. The standard InChI is InChI=1S/C22H22N2O6S/c1-28-17-12-13-20(30-3)21(14-17)31(26,27)24-16-10-8-15(9-11-16)22(25)23-18-6-4-5-7-19(18)29-2/h4-14,24H,1-3H3,(H,23,25). The number of ether oxygens (including phenoxy) is 3. The highest BCUT2D eigenvalue weighted by Crippen LogP contribution is 2.30. The van der Waals surface area contributed by atoms with Crippen molar-refractivity contribution in [2.75, 3.05) is 31.4 Å². The number of amides is 1. The number of para-hydroxylation sites is 2. The number of carbonyl (C=O) groups excluding carboxylic acids is 1. The number of benzene rings is 3. The minimum Gasteiger partial charge on any atom is -0.497 e. The van der Waals surface area contributed by atoms with Gasteiger partial charge in [0, 0.05) is 17.3 Å². The van der Waals surface area contributed by atoms with Crippen LogP contribution in [0.3, 0.4) is 0 Å². The molecule has 0 aliphatic carbocycles. The van der Waals surface area contributed by atoms with Crippen molar-refractivity contribution >= 4 is 27.3 Å². The lowest BCUT2D eigenvalue weighted by Gasteiger charge is -2.13. The van der Waals surface area contributed by atoms with Crippen LogP contribution in [0.1, 0.15) is 10.4 Å². The van der Waals surface area contributed by atoms with Gasteiger partial charge in [0.2, 0.25) is 0 Å². The third-order valence-electron chi connectivity index (χ3n) is 4.41. The summed E-state index contributed by atoms with van der Waals surface area (Å²) < 4.78 is 43.6. The third kappa shape index (κ3) is 5.07. The van der Waals surface area contributed by atoms with E-state index in [1.165, 1.54) is 57.7 Å². The van der Waals surface area contributed by atoms with Crippen molar-refractivity contribution in [2.24, 2.45) is 0 Å². The summed E-state index contributed by atoms with van der Waals surface area (Å²) in [5.74, 6) is 0.742. The van der Waals surface area contributed by atoms with Crippen LogP contribution < -0.4 is 24.2 Å². The summed E-state index contributed by atoms with van der Waals surface area (Å²) >= 11 is 0. The number of nitrogens with one attached hydrogen (secondary N) is 2. The molecule has 1 amide bonds. The third-order valence-corrected chi connectivity index (χ3v) is 5.82. The molecular weight excluding hydrogens is 420 g/mol. The monoisotopic (exact) mass is 442 g/mol. The van der Waals surface area contributed by atoms with E-state index < -0.39 is 10.0 Å². The molecule has 0 saturated carbocycles. The normalized spacial score (nSPS) is 10.8. The van der Waals surface area contributed by atoms with Gasteiger partial charge in [0.15, 0.2) is 0 Å². The molecule has 0 radical (unpaired) electrons. The first-order valence-corrected chi connectivity index (χ1v) is 10.7. The molecule has 0 atom stereocenters. The van der Waals surface area contributed by atoms with E-state index in [2.05, 4.69) is 10.0 Å². The molecular formula is C22H22N2O6S. The van der Waals surface area contributed by atoms with Crippen molar-refractivity contribution < 1.29 is 27.4 Å². The summed E-state index contributed by atoms with van der Waals surface area (Å²) in [6.45, 7) is 0. The Morgan fingerprint density at radius 1 is 0.806 bits per heavy atom. The predicted octanol–water partition coefficient (Wildman–Crippen LogP) is 3.77. The molecule has 0 aromatic heterocycles. The van der Waals surface area contributed by atoms with Crippen LogP contribution in [0, 0.1) is 0 Å². The molecule has 0 spiro atoms. The van der Waals surface area contributed by atoms with Crippen LogP contribution in [0.25, 0.3) is 0 Å². The van der Waals surface area contributed by atoms with Crippen LogP contribution in [0.15, 0.2) is 71.6 Å². The van der Waals surface area contributed by atoms with Crippen LogP contribution >= 0.6 is 0 Å². The van der Waals surface area contributed by atoms with Gasteiger partial charge in [0.05, 0.1) is 27.0 Å². The Hall–Kier alpha value is -3.72. The molecule has 8 nitrogen and oxygen atoms in total. The fourth-order valence-electron chi connectivity index (χ4n) is 2.84. The van der Waals surface area contributed by atoms with Crippen LogP contribution in [-0.2, 0) is 10.0 Å². The van der Waals surface area contributed by atoms with Crippen molar-refractivity contribution in [3.05, 3.63) is 72.3 Å². The van der Waals surface area contributed by atoms with Crippen LogP contribution in [0.4, 0.5) is 11.4 Å². The van der Waals surface area contributed by atoms with Gasteiger partial charge in [-0.2, -0.15) is 0 Å². The van der Waals surface area contributed by atoms with E-state index in [1.807, 2.05) is 0 Å². The largest absolute Gasteiger partial charge is 0.497 e. The van der Waals surface area contributed by atoms with Crippen LogP contribution in [-0.4, -0.2) is 35.7 Å². The highest BCUT2D eigenvalue weighted by Gasteiger charge is 2.21. The number of hydrogen-bond acceptors (Lipinski definition) is 6. The van der Waals surface area contributed by atoms with Crippen LogP contribution in [0.2, 0.25) is 0 Å². The molecule has 3 aromatic rings. The van der Waals surface area contributed by atoms with E-state index in [1.54, 1.807) is 30.3 Å². The first-order chi connectivity index (χ1) is 14.9. The smallest absolute Gasteiger partial charge is 0.265 e. The van der Waals surface area contributed by atoms with E-state index >= 15 is 0 Å². The summed E-state index contributed by atoms with van der Waals surface area (Å²) in [6, 6.07) is 17.6. The highest BCUT2D eigenvalue weighted by atomic mass is 32.2. The zero-order valence-electron chi connectivity index (χ0n) is 17.2. The Morgan fingerprint density at radius 2 is 1.48 bits per heavy atom. The zero-order chi connectivity index (χ0) is 22.4. The van der Waals surface area contributed by atoms with Gasteiger partial charge in [-0.25, -0.2) is 8.42 Å². The molecule has 3 aromatic carbocycles. The molecule has 0 heterocycles. The number of methoxy groups -OCH3 is 3. The van der Waals surface area contributed by atoms with Gasteiger partial charge >= 0.3 is 0 Å². The van der Waals surface area contributed by atoms with Crippen molar-refractivity contribution in [1.29, 1.82) is 0 Å². The molecule has 162 valence electrons. The fraction of sp³-hybridized carbons (Fsp3) is 0.136. The Labute approximate surface area is 180 Å². The van der Waals surface area contributed by atoms with Crippen LogP contribution in [0.5, 0.6) is 17.2 Å². The maximum atomic E-state index is 12.8. The molecule has 0 aliphatic heterocycles. The number of carbonyl (C=O) groups is 1. The minimum atomic E-state index is -3.95. The highest BCUT2D eigenvalue weighted by molar-refractivity contribution is 7.92. The Bertz CT molecular complexity index is 1180. The lowest BCUT2D eigenvalue weighted by molar-refractivity contribution is 0.102. The SMILES string of the molecule is COc1ccc(OC)c(S(=O)(=O)Nc2ccc(C(=O)Nc3ccccc3OC)cc2)c1. The van der Waals surface area contributed by atoms with E-state index in [9.17, 15) is 13.2 Å². The van der Waals surface area contributed by atoms with E-state index in [0.717, 1.165) is 0 Å². The van der Waals surface area contributed by atoms with Crippen molar-refractivity contribution in [3.8, 4) is 17.2 Å². The van der Waals surface area contributed by atoms with Crippen molar-refractivity contribution in [3.63, 3.8) is 0 Å². The van der Waals surface area contributed by atoms with Gasteiger partial charge in [0.1, 0.15) is 22.1 Å². The summed E-state index contributed by atoms with van der Waals surface area (Å²) in [5, 5.41) is 2.77. The molecule has 31 heavy (non-hydrogen) atoms. The van der Waals surface area contributed by atoms with E-state index in [4.69, 9.17) is 14.2 Å². The summed E-state index contributed by atoms with van der Waals surface area (Å²) in [7, 11) is 0.395. The van der Waals surface area contributed by atoms with Gasteiger partial charge in [-0.1, -0.05) is 12.1 Å². The topological polar surface area (TPSA) is 103 Å². The molecule has 3 rings (SSSR count). The Balaban J connectivity index is 1.78. The summed E-state index contributed by atoms with van der Waals surface area (Å²) in [6.07, 6.45) is 0. The molecule has 0 saturated heterocycles. The average Bonchev–Trinajstić information content (AvgIpc) is 2.79. The van der Waals surface area contributed by atoms with Gasteiger partial charge in [-0.15, -0.1) is 0 Å². The number of sulfonamides is 1. The predicted molar refractivity (Wildman–Crippen MR) is 118 cm³/mol. The maximum absolute atomic E-state index is 12.8. The van der Waals surface area contributed by atoms with Gasteiger partial charge in [-0.05, 0) is 48.5 Å². The second-order valence-electron chi connectivity index (χ2n) is 6.35. The van der Waals surface area contributed by atoms with E-state index in [-0.39, 0.29) is 16.6 Å². The Morgan fingerprint density at radius 3 is 2.13 bits per heavy atom. The molecule has 0 aliphatic rings. The van der Waals surface area contributed by atoms with Gasteiger partial charge < -0.3 is 19.5 Å². The molecule has 0 bridgehead atoms. The van der Waals surface area contributed by atoms with E-state index in [0.29, 0.717) is 28.4 Å². The fourth-order valence-corrected chi connectivity index (χ4v) is 4.08. The zero-order valence-corrected chi connectivity index (χ0v) is 18.0. The van der Waals surface area contributed by atoms with Gasteiger partial charge in [-0.3, -0.25) is 9.52 Å². The number of hydrogen-bond donors (Lipinski definition) is 2. The molecule has 0 fully saturated rings. The molecule has 9 heteroatoms. The lowest BCUT2D eigenvalue weighted by Crippen LogP contribution is -2.15. The van der Waals surface area contributed by atoms with Gasteiger partial charge in [0.25, 0.3) is 15.9 Å². The maximum Gasteiger partial charge on any atom is 0.265 e. The molecule has 0 unspecified atom stereocenters. The second kappa shape index (κ2) is 9.40. The number of anilines is 2. The number of rotatable bonds is 8. The average molecular weight is 442 g/mol. The van der Waals surface area contributed by atoms with Crippen molar-refractivity contribution in [1.82, 2.24) is 0 Å². The lowest BCUT2D eigenvalue weighted by atomic mass is 10.2. The first kappa shape index (κ1) is 22.0. The first-order valence-electron chi connectivity index (χ1n) is 9.17.